The lowest BCUT2D eigenvalue weighted by Gasteiger charge is -2.27. The number of nitrogens with one attached hydrogen (secondary N) is 4. The minimum absolute atomic E-state index is 0.137. The van der Waals surface area contributed by atoms with Crippen LogP contribution in [0.2, 0.25) is 0 Å². The number of rotatable bonds is 1. The van der Waals surface area contributed by atoms with Gasteiger partial charge in [-0.2, -0.15) is 0 Å². The van der Waals surface area contributed by atoms with Crippen molar-refractivity contribution >= 4 is 11.9 Å². The van der Waals surface area contributed by atoms with Crippen molar-refractivity contribution in [2.24, 2.45) is 5.92 Å². The van der Waals surface area contributed by atoms with Crippen molar-refractivity contribution in [3.05, 3.63) is 35.9 Å². The molecular weight excluding hydrogens is 220 g/mol. The van der Waals surface area contributed by atoms with Crippen LogP contribution in [0.3, 0.4) is 0 Å². The number of benzene rings is 1. The number of hydrazine groups is 1. The third-order valence-corrected chi connectivity index (χ3v) is 3.10. The number of hydrogen-bond acceptors (Lipinski definition) is 4. The maximum atomic E-state index is 11.8. The average Bonchev–Trinajstić information content (AvgIpc) is 2.74. The first-order chi connectivity index (χ1) is 8.25. The Kier molecular flexibility index (Phi) is 2.31. The summed E-state index contributed by atoms with van der Waals surface area (Å²) in [5, 5.41) is 4.95. The van der Waals surface area contributed by atoms with Crippen LogP contribution >= 0.6 is 0 Å². The Bertz CT molecular complexity index is 462. The Morgan fingerprint density at radius 3 is 2.53 bits per heavy atom. The zero-order valence-corrected chi connectivity index (χ0v) is 8.94. The van der Waals surface area contributed by atoms with Crippen LogP contribution in [0.1, 0.15) is 11.6 Å². The number of imide groups is 1. The largest absolute Gasteiger partial charge is 0.322 e. The summed E-state index contributed by atoms with van der Waals surface area (Å²) in [5.41, 5.74) is 6.98. The fourth-order valence-corrected chi connectivity index (χ4v) is 2.30. The van der Waals surface area contributed by atoms with Gasteiger partial charge in [-0.15, -0.1) is 0 Å². The van der Waals surface area contributed by atoms with Crippen LogP contribution in [0.4, 0.5) is 4.79 Å². The van der Waals surface area contributed by atoms with Crippen LogP contribution in [0.5, 0.6) is 0 Å². The monoisotopic (exact) mass is 232 g/mol. The van der Waals surface area contributed by atoms with Crippen LogP contribution in [-0.2, 0) is 4.79 Å². The molecule has 2 saturated heterocycles. The van der Waals surface area contributed by atoms with E-state index in [0.29, 0.717) is 0 Å². The van der Waals surface area contributed by atoms with E-state index in [1.165, 1.54) is 0 Å². The molecule has 17 heavy (non-hydrogen) atoms. The topological polar surface area (TPSA) is 82.3 Å². The minimum atomic E-state index is -0.459. The number of amides is 3. The molecule has 3 atom stereocenters. The smallest absolute Gasteiger partial charge is 0.320 e. The van der Waals surface area contributed by atoms with Gasteiger partial charge >= 0.3 is 6.03 Å². The highest BCUT2D eigenvalue weighted by atomic mass is 16.2. The quantitative estimate of drug-likeness (QED) is 0.532. The molecular formula is C11H12N4O2. The van der Waals surface area contributed by atoms with E-state index in [2.05, 4.69) is 21.5 Å². The molecule has 2 fully saturated rings. The molecule has 2 heterocycles. The highest BCUT2D eigenvalue weighted by Crippen LogP contribution is 2.29. The first kappa shape index (κ1) is 10.2. The summed E-state index contributed by atoms with van der Waals surface area (Å²) in [6.07, 6.45) is -0.360. The molecule has 3 unspecified atom stereocenters. The standard InChI is InChI=1S/C11H12N4O2/c16-10-7-8(6-4-2-1-3-5-6)14-15-9(7)12-11(17)13-10/h1-5,7-9,14-15H,(H2,12,13,16,17). The molecule has 0 saturated carbocycles. The Balaban J connectivity index is 1.90. The maximum absolute atomic E-state index is 11.8. The fourth-order valence-electron chi connectivity index (χ4n) is 2.30. The summed E-state index contributed by atoms with van der Waals surface area (Å²) in [4.78, 5) is 23.0. The van der Waals surface area contributed by atoms with Crippen molar-refractivity contribution in [1.82, 2.24) is 21.5 Å². The van der Waals surface area contributed by atoms with Gasteiger partial charge in [-0.3, -0.25) is 10.1 Å². The predicted molar refractivity (Wildman–Crippen MR) is 59.4 cm³/mol. The molecule has 0 spiro atoms. The Morgan fingerprint density at radius 1 is 1.00 bits per heavy atom. The third-order valence-electron chi connectivity index (χ3n) is 3.10. The predicted octanol–water partition coefficient (Wildman–Crippen LogP) is -0.383. The van der Waals surface area contributed by atoms with E-state index in [4.69, 9.17) is 0 Å². The molecule has 0 aliphatic carbocycles. The second-order valence-electron chi connectivity index (χ2n) is 4.14. The summed E-state index contributed by atoms with van der Waals surface area (Å²) >= 11 is 0. The lowest BCUT2D eigenvalue weighted by molar-refractivity contribution is -0.125. The van der Waals surface area contributed by atoms with Crippen molar-refractivity contribution in [3.8, 4) is 0 Å². The summed E-state index contributed by atoms with van der Waals surface area (Å²) in [6.45, 7) is 0. The second-order valence-corrected chi connectivity index (χ2v) is 4.14. The Morgan fingerprint density at radius 2 is 1.76 bits per heavy atom. The number of urea groups is 1. The van der Waals surface area contributed by atoms with E-state index in [1.54, 1.807) is 0 Å². The van der Waals surface area contributed by atoms with Gasteiger partial charge in [0.1, 0.15) is 6.17 Å². The third kappa shape index (κ3) is 1.67. The van der Waals surface area contributed by atoms with Gasteiger partial charge in [0, 0.05) is 0 Å². The van der Waals surface area contributed by atoms with E-state index in [-0.39, 0.29) is 24.0 Å². The van der Waals surface area contributed by atoms with Gasteiger partial charge in [0.15, 0.2) is 0 Å². The molecule has 2 aliphatic rings. The fraction of sp³-hybridized carbons (Fsp3) is 0.273. The van der Waals surface area contributed by atoms with Crippen molar-refractivity contribution in [1.29, 1.82) is 0 Å². The van der Waals surface area contributed by atoms with Crippen LogP contribution in [0, 0.1) is 5.92 Å². The Hall–Kier alpha value is -1.92. The van der Waals surface area contributed by atoms with Gasteiger partial charge < -0.3 is 5.32 Å². The summed E-state index contributed by atoms with van der Waals surface area (Å²) in [7, 11) is 0. The molecule has 4 N–H and O–H groups in total. The van der Waals surface area contributed by atoms with Crippen LogP contribution in [-0.4, -0.2) is 18.1 Å². The lowest BCUT2D eigenvalue weighted by Crippen LogP contribution is -2.60. The van der Waals surface area contributed by atoms with Crippen LogP contribution in [0.25, 0.3) is 0 Å². The second kappa shape index (κ2) is 3.83. The average molecular weight is 232 g/mol. The van der Waals surface area contributed by atoms with Gasteiger partial charge in [-0.05, 0) is 5.56 Å². The first-order valence-electron chi connectivity index (χ1n) is 5.43. The number of hydrogen-bond donors (Lipinski definition) is 4. The van der Waals surface area contributed by atoms with Crippen molar-refractivity contribution in [3.63, 3.8) is 0 Å². The molecule has 6 heteroatoms. The highest BCUT2D eigenvalue weighted by molar-refractivity contribution is 5.99. The first-order valence-corrected chi connectivity index (χ1v) is 5.43. The Labute approximate surface area is 97.7 Å². The van der Waals surface area contributed by atoms with Gasteiger partial charge in [0.2, 0.25) is 5.91 Å². The molecule has 1 aromatic rings. The zero-order chi connectivity index (χ0) is 11.8. The van der Waals surface area contributed by atoms with Crippen LogP contribution in [0.15, 0.2) is 30.3 Å². The van der Waals surface area contributed by atoms with Gasteiger partial charge in [-0.1, -0.05) is 30.3 Å². The highest BCUT2D eigenvalue weighted by Gasteiger charge is 2.45. The molecule has 0 aromatic heterocycles. The van der Waals surface area contributed by atoms with E-state index in [0.717, 1.165) is 5.56 Å². The lowest BCUT2D eigenvalue weighted by atomic mass is 9.91. The SMILES string of the molecule is O=C1NC(=O)C2C(NNC2c2ccccc2)N1. The van der Waals surface area contributed by atoms with E-state index in [1.807, 2.05) is 30.3 Å². The molecule has 3 rings (SSSR count). The number of carbonyl (C=O) groups excluding carboxylic acids is 2. The maximum Gasteiger partial charge on any atom is 0.322 e. The molecule has 0 radical (unpaired) electrons. The van der Waals surface area contributed by atoms with Gasteiger partial charge in [-0.25, -0.2) is 15.6 Å². The molecule has 6 nitrogen and oxygen atoms in total. The molecule has 2 aliphatic heterocycles. The zero-order valence-electron chi connectivity index (χ0n) is 8.94. The summed E-state index contributed by atoms with van der Waals surface area (Å²) in [5.74, 6) is -0.597. The number of fused-ring (bicyclic) bond motifs is 1. The summed E-state index contributed by atoms with van der Waals surface area (Å²) < 4.78 is 0. The van der Waals surface area contributed by atoms with E-state index in [9.17, 15) is 9.59 Å². The van der Waals surface area contributed by atoms with Gasteiger partial charge in [0.25, 0.3) is 0 Å². The molecule has 1 aromatic carbocycles. The van der Waals surface area contributed by atoms with Crippen molar-refractivity contribution in [2.75, 3.05) is 0 Å². The van der Waals surface area contributed by atoms with E-state index < -0.39 is 6.03 Å². The van der Waals surface area contributed by atoms with E-state index >= 15 is 0 Å². The molecule has 88 valence electrons. The van der Waals surface area contributed by atoms with Crippen molar-refractivity contribution in [2.45, 2.75) is 12.2 Å². The summed E-state index contributed by atoms with van der Waals surface area (Å²) in [6, 6.07) is 9.07. The normalized spacial score (nSPS) is 31.6. The molecule has 0 bridgehead atoms. The number of carbonyl (C=O) groups is 2. The van der Waals surface area contributed by atoms with Gasteiger partial charge in [0.05, 0.1) is 12.0 Å². The van der Waals surface area contributed by atoms with Crippen LogP contribution < -0.4 is 21.5 Å². The molecule has 3 amide bonds. The minimum Gasteiger partial charge on any atom is -0.320 e. The van der Waals surface area contributed by atoms with Crippen molar-refractivity contribution < 1.29 is 9.59 Å².